The molecule has 1 unspecified atom stereocenters. The van der Waals surface area contributed by atoms with Gasteiger partial charge in [-0.2, -0.15) is 0 Å². The molecule has 0 aromatic heterocycles. The predicted octanol–water partition coefficient (Wildman–Crippen LogP) is 4.16. The van der Waals surface area contributed by atoms with E-state index in [1.807, 2.05) is 0 Å². The van der Waals surface area contributed by atoms with Crippen LogP contribution < -0.4 is 0 Å². The Balaban J connectivity index is 2.11. The molecule has 1 aromatic carbocycles. The molecule has 1 saturated heterocycles. The summed E-state index contributed by atoms with van der Waals surface area (Å²) in [4.78, 5) is 2.59. The molecule has 0 aliphatic carbocycles. The van der Waals surface area contributed by atoms with Crippen LogP contribution in [0.1, 0.15) is 38.2 Å². The van der Waals surface area contributed by atoms with E-state index in [4.69, 9.17) is 0 Å². The van der Waals surface area contributed by atoms with Crippen molar-refractivity contribution in [2.45, 2.75) is 45.2 Å². The van der Waals surface area contributed by atoms with E-state index >= 15 is 0 Å². The lowest BCUT2D eigenvalue weighted by molar-refractivity contribution is 0.173. The maximum Gasteiger partial charge on any atom is 0.0385 e. The summed E-state index contributed by atoms with van der Waals surface area (Å²) in [5.74, 6) is 0. The summed E-state index contributed by atoms with van der Waals surface area (Å²) in [6.45, 7) is 8.38. The summed E-state index contributed by atoms with van der Waals surface area (Å²) in [7, 11) is 0. The summed E-state index contributed by atoms with van der Waals surface area (Å²) in [6.07, 6.45) is 4.87. The maximum absolute atomic E-state index is 3.87. The first-order chi connectivity index (χ1) is 8.85. The van der Waals surface area contributed by atoms with Gasteiger partial charge < -0.3 is 0 Å². The zero-order chi connectivity index (χ0) is 12.8. The second-order valence-electron chi connectivity index (χ2n) is 5.07. The Kier molecular flexibility index (Phi) is 4.81. The molecule has 0 N–H and O–H groups in total. The Bertz CT molecular complexity index is 414. The van der Waals surface area contributed by atoms with Gasteiger partial charge in [-0.05, 0) is 36.9 Å². The molecule has 1 aliphatic rings. The highest BCUT2D eigenvalue weighted by Crippen LogP contribution is 2.26. The van der Waals surface area contributed by atoms with E-state index in [9.17, 15) is 0 Å². The Morgan fingerprint density at radius 3 is 2.78 bits per heavy atom. The van der Waals surface area contributed by atoms with Crippen LogP contribution >= 0.6 is 0 Å². The standard InChI is InChI=1S/C17H23N/c1-3-9-17-16(4-2)12-8-13-18(17)14-15-10-6-5-7-11-15/h5-7,10-11,17H,2-3,8-9,12-14H2,1H3. The first-order valence-electron chi connectivity index (χ1n) is 7.02. The molecule has 0 bridgehead atoms. The van der Waals surface area contributed by atoms with Crippen LogP contribution in [0.15, 0.2) is 48.2 Å². The Morgan fingerprint density at radius 1 is 1.33 bits per heavy atom. The van der Waals surface area contributed by atoms with Crippen LogP contribution in [0.5, 0.6) is 0 Å². The van der Waals surface area contributed by atoms with Gasteiger partial charge in [-0.1, -0.05) is 50.3 Å². The molecule has 96 valence electrons. The van der Waals surface area contributed by atoms with Crippen LogP contribution in [0.25, 0.3) is 0 Å². The molecule has 1 heteroatoms. The molecule has 0 saturated carbocycles. The second kappa shape index (κ2) is 6.58. The molecule has 1 nitrogen and oxygen atoms in total. The SMILES string of the molecule is C=C=C1CCCN(Cc2ccccc2)C1CCC. The molecular weight excluding hydrogens is 218 g/mol. The fraction of sp³-hybridized carbons (Fsp3) is 0.471. The average molecular weight is 241 g/mol. The molecule has 1 aromatic rings. The van der Waals surface area contributed by atoms with E-state index in [-0.39, 0.29) is 0 Å². The maximum atomic E-state index is 3.87. The summed E-state index contributed by atoms with van der Waals surface area (Å²) >= 11 is 0. The lowest BCUT2D eigenvalue weighted by atomic mass is 9.92. The molecule has 0 amide bonds. The van der Waals surface area contributed by atoms with Gasteiger partial charge in [-0.15, -0.1) is 5.73 Å². The monoisotopic (exact) mass is 241 g/mol. The molecule has 18 heavy (non-hydrogen) atoms. The van der Waals surface area contributed by atoms with Gasteiger partial charge in [0.2, 0.25) is 0 Å². The minimum absolute atomic E-state index is 0.557. The molecule has 0 radical (unpaired) electrons. The average Bonchev–Trinajstić information content (AvgIpc) is 2.42. The van der Waals surface area contributed by atoms with Crippen LogP contribution in [-0.4, -0.2) is 17.5 Å². The number of hydrogen-bond acceptors (Lipinski definition) is 1. The van der Waals surface area contributed by atoms with Gasteiger partial charge in [-0.3, -0.25) is 4.90 Å². The fourth-order valence-electron chi connectivity index (χ4n) is 2.86. The third-order valence-electron chi connectivity index (χ3n) is 3.75. The highest BCUT2D eigenvalue weighted by atomic mass is 15.2. The van der Waals surface area contributed by atoms with Crippen molar-refractivity contribution in [2.75, 3.05) is 6.54 Å². The molecular formula is C17H23N. The normalized spacial score (nSPS) is 20.7. The van der Waals surface area contributed by atoms with Crippen molar-refractivity contribution < 1.29 is 0 Å². The zero-order valence-corrected chi connectivity index (χ0v) is 11.4. The summed E-state index contributed by atoms with van der Waals surface area (Å²) < 4.78 is 0. The molecule has 2 rings (SSSR count). The van der Waals surface area contributed by atoms with Crippen molar-refractivity contribution in [3.63, 3.8) is 0 Å². The summed E-state index contributed by atoms with van der Waals surface area (Å²) in [5, 5.41) is 0. The van der Waals surface area contributed by atoms with Gasteiger partial charge in [0, 0.05) is 12.6 Å². The van der Waals surface area contributed by atoms with Crippen molar-refractivity contribution in [3.05, 3.63) is 53.8 Å². The van der Waals surface area contributed by atoms with E-state index < -0.39 is 0 Å². The first kappa shape index (κ1) is 13.1. The van der Waals surface area contributed by atoms with Gasteiger partial charge in [0.05, 0.1) is 0 Å². The summed E-state index contributed by atoms with van der Waals surface area (Å²) in [6, 6.07) is 11.3. The highest BCUT2D eigenvalue weighted by Gasteiger charge is 2.25. The van der Waals surface area contributed by atoms with Crippen molar-refractivity contribution in [1.82, 2.24) is 4.90 Å². The van der Waals surface area contributed by atoms with Crippen molar-refractivity contribution in [2.24, 2.45) is 0 Å². The third-order valence-corrected chi connectivity index (χ3v) is 3.75. The van der Waals surface area contributed by atoms with Gasteiger partial charge in [0.1, 0.15) is 0 Å². The van der Waals surface area contributed by atoms with Gasteiger partial charge in [-0.25, -0.2) is 0 Å². The van der Waals surface area contributed by atoms with E-state index in [2.05, 4.69) is 54.5 Å². The lowest BCUT2D eigenvalue weighted by Crippen LogP contribution is -2.40. The summed E-state index contributed by atoms with van der Waals surface area (Å²) in [5.41, 5.74) is 6.00. The number of likely N-dealkylation sites (tertiary alicyclic amines) is 1. The third kappa shape index (κ3) is 3.13. The van der Waals surface area contributed by atoms with E-state index in [1.54, 1.807) is 0 Å². The van der Waals surface area contributed by atoms with Crippen LogP contribution in [-0.2, 0) is 6.54 Å². The second-order valence-corrected chi connectivity index (χ2v) is 5.07. The molecule has 1 fully saturated rings. The molecule has 0 spiro atoms. The van der Waals surface area contributed by atoms with Gasteiger partial charge in [0.25, 0.3) is 0 Å². The fourth-order valence-corrected chi connectivity index (χ4v) is 2.86. The first-order valence-corrected chi connectivity index (χ1v) is 7.02. The zero-order valence-electron chi connectivity index (χ0n) is 11.4. The van der Waals surface area contributed by atoms with Crippen LogP contribution in [0.2, 0.25) is 0 Å². The van der Waals surface area contributed by atoms with Gasteiger partial charge in [0.15, 0.2) is 0 Å². The van der Waals surface area contributed by atoms with Crippen LogP contribution in [0, 0.1) is 0 Å². The van der Waals surface area contributed by atoms with Crippen molar-refractivity contribution >= 4 is 0 Å². The number of piperidine rings is 1. The van der Waals surface area contributed by atoms with Crippen LogP contribution in [0.3, 0.4) is 0 Å². The minimum atomic E-state index is 0.557. The molecule has 1 atom stereocenters. The lowest BCUT2D eigenvalue weighted by Gasteiger charge is -2.37. The van der Waals surface area contributed by atoms with Crippen molar-refractivity contribution in [3.8, 4) is 0 Å². The smallest absolute Gasteiger partial charge is 0.0385 e. The Labute approximate surface area is 111 Å². The number of rotatable bonds is 4. The minimum Gasteiger partial charge on any atom is -0.292 e. The highest BCUT2D eigenvalue weighted by molar-refractivity contribution is 5.17. The Morgan fingerprint density at radius 2 is 2.11 bits per heavy atom. The topological polar surface area (TPSA) is 3.24 Å². The quantitative estimate of drug-likeness (QED) is 0.715. The number of nitrogens with zero attached hydrogens (tertiary/aromatic N) is 1. The van der Waals surface area contributed by atoms with E-state index in [1.165, 1.54) is 43.4 Å². The van der Waals surface area contributed by atoms with Crippen molar-refractivity contribution in [1.29, 1.82) is 0 Å². The van der Waals surface area contributed by atoms with E-state index in [0.717, 1.165) is 6.54 Å². The molecule has 1 heterocycles. The Hall–Kier alpha value is -1.30. The molecule has 1 aliphatic heterocycles. The number of benzene rings is 1. The van der Waals surface area contributed by atoms with Crippen LogP contribution in [0.4, 0.5) is 0 Å². The largest absolute Gasteiger partial charge is 0.292 e. The van der Waals surface area contributed by atoms with E-state index in [0.29, 0.717) is 6.04 Å². The predicted molar refractivity (Wildman–Crippen MR) is 77.4 cm³/mol. The number of hydrogen-bond donors (Lipinski definition) is 0. The van der Waals surface area contributed by atoms with Gasteiger partial charge >= 0.3 is 0 Å².